The number of ether oxygens (including phenoxy) is 1. The molecule has 8 heteroatoms. The Labute approximate surface area is 243 Å². The van der Waals surface area contributed by atoms with Crippen molar-refractivity contribution in [3.63, 3.8) is 0 Å². The summed E-state index contributed by atoms with van der Waals surface area (Å²) in [5.41, 5.74) is 3.16. The first kappa shape index (κ1) is 29.1. The molecule has 0 saturated heterocycles. The Bertz CT molecular complexity index is 1500. The van der Waals surface area contributed by atoms with Crippen LogP contribution in [0.4, 0.5) is 13.2 Å². The van der Waals surface area contributed by atoms with Gasteiger partial charge in [0.05, 0.1) is 25.1 Å². The summed E-state index contributed by atoms with van der Waals surface area (Å²) in [4.78, 5) is 16.0. The van der Waals surface area contributed by atoms with Crippen molar-refractivity contribution in [1.82, 2.24) is 4.90 Å². The van der Waals surface area contributed by atoms with Crippen molar-refractivity contribution in [1.29, 1.82) is 0 Å². The number of fused-ring (bicyclic) bond motifs is 1. The van der Waals surface area contributed by atoms with E-state index in [-0.39, 0.29) is 29.8 Å². The quantitative estimate of drug-likeness (QED) is 0.207. The van der Waals surface area contributed by atoms with Crippen molar-refractivity contribution in [3.8, 4) is 16.9 Å². The first-order chi connectivity index (χ1) is 19.7. The lowest BCUT2D eigenvalue weighted by Gasteiger charge is -2.37. The Balaban J connectivity index is 1.48. The van der Waals surface area contributed by atoms with Crippen LogP contribution >= 0.6 is 11.6 Å². The molecule has 41 heavy (non-hydrogen) atoms. The van der Waals surface area contributed by atoms with Gasteiger partial charge >= 0.3 is 6.18 Å². The van der Waals surface area contributed by atoms with Crippen LogP contribution in [0.2, 0.25) is 5.02 Å². The predicted molar refractivity (Wildman–Crippen MR) is 155 cm³/mol. The van der Waals surface area contributed by atoms with Gasteiger partial charge in [0.25, 0.3) is 5.91 Å². The van der Waals surface area contributed by atoms with Gasteiger partial charge in [0.15, 0.2) is 0 Å². The van der Waals surface area contributed by atoms with E-state index < -0.39 is 12.6 Å². The lowest BCUT2D eigenvalue weighted by Crippen LogP contribution is -2.42. The van der Waals surface area contributed by atoms with Gasteiger partial charge in [-0.05, 0) is 72.6 Å². The number of alkyl halides is 3. The lowest BCUT2D eigenvalue weighted by atomic mass is 9.83. The van der Waals surface area contributed by atoms with Crippen LogP contribution in [-0.4, -0.2) is 30.1 Å². The summed E-state index contributed by atoms with van der Waals surface area (Å²) in [6.45, 7) is 2.48. The molecule has 4 nitrogen and oxygen atoms in total. The van der Waals surface area contributed by atoms with Crippen LogP contribution in [-0.2, 0) is 13.0 Å². The van der Waals surface area contributed by atoms with E-state index in [0.717, 1.165) is 48.8 Å². The highest BCUT2D eigenvalue weighted by Crippen LogP contribution is 2.37. The molecule has 1 amide bonds. The highest BCUT2D eigenvalue weighted by atomic mass is 35.5. The first-order valence-electron chi connectivity index (χ1n) is 14.0. The van der Waals surface area contributed by atoms with Gasteiger partial charge in [-0.2, -0.15) is 13.2 Å². The van der Waals surface area contributed by atoms with Crippen molar-refractivity contribution in [2.24, 2.45) is 5.92 Å². The number of methoxy groups -OCH3 is 1. The summed E-state index contributed by atoms with van der Waals surface area (Å²) in [7, 11) is 1.58. The van der Waals surface area contributed by atoms with E-state index in [1.807, 2.05) is 41.3 Å². The van der Waals surface area contributed by atoms with Crippen LogP contribution < -0.4 is 4.74 Å². The van der Waals surface area contributed by atoms with Crippen molar-refractivity contribution in [3.05, 3.63) is 88.6 Å². The van der Waals surface area contributed by atoms with E-state index in [1.165, 1.54) is 12.1 Å². The van der Waals surface area contributed by atoms with Crippen molar-refractivity contribution < 1.29 is 27.1 Å². The zero-order chi connectivity index (χ0) is 29.1. The molecular weight excluding hydrogens is 551 g/mol. The maximum absolute atomic E-state index is 14.1. The summed E-state index contributed by atoms with van der Waals surface area (Å²) >= 11 is 6.66. The molecule has 0 atom stereocenters. The minimum Gasteiger partial charge on any atom is -0.496 e. The second kappa shape index (κ2) is 12.2. The Hall–Kier alpha value is -3.45. The fourth-order valence-electron chi connectivity index (χ4n) is 5.83. The van der Waals surface area contributed by atoms with Gasteiger partial charge in [-0.25, -0.2) is 0 Å². The molecule has 0 radical (unpaired) electrons. The van der Waals surface area contributed by atoms with Crippen LogP contribution in [0.5, 0.6) is 5.75 Å². The maximum Gasteiger partial charge on any atom is 0.393 e. The van der Waals surface area contributed by atoms with Gasteiger partial charge in [0, 0.05) is 17.0 Å². The number of halogens is 4. The SMILES string of the molecule is CC[C@H]1CC[C@@H](N(Cc2cc(-c3ccc(CC(F)(F)F)cc3)ccc2OC)C(=O)c2oc3ccccc3c2Cl)CC1. The molecule has 4 aromatic rings. The molecule has 0 aliphatic heterocycles. The molecule has 0 unspecified atom stereocenters. The fourth-order valence-corrected chi connectivity index (χ4v) is 6.10. The van der Waals surface area contributed by atoms with Crippen molar-refractivity contribution in [2.45, 2.75) is 64.2 Å². The number of carbonyl (C=O) groups excluding carboxylic acids is 1. The molecule has 1 saturated carbocycles. The van der Waals surface area contributed by atoms with E-state index in [0.29, 0.717) is 27.7 Å². The lowest BCUT2D eigenvalue weighted by molar-refractivity contribution is -0.127. The number of hydrogen-bond donors (Lipinski definition) is 0. The fraction of sp³-hybridized carbons (Fsp3) is 0.364. The highest BCUT2D eigenvalue weighted by molar-refractivity contribution is 6.38. The molecular formula is C33H33ClF3NO3. The molecule has 0 bridgehead atoms. The van der Waals surface area contributed by atoms with Crippen molar-refractivity contribution in [2.75, 3.05) is 7.11 Å². The van der Waals surface area contributed by atoms with Gasteiger partial charge in [0.2, 0.25) is 5.76 Å². The second-order valence-corrected chi connectivity index (χ2v) is 11.2. The summed E-state index contributed by atoms with van der Waals surface area (Å²) < 4.78 is 50.1. The third kappa shape index (κ3) is 6.56. The largest absolute Gasteiger partial charge is 0.496 e. The van der Waals surface area contributed by atoms with E-state index >= 15 is 0 Å². The highest BCUT2D eigenvalue weighted by Gasteiger charge is 2.33. The molecule has 216 valence electrons. The van der Waals surface area contributed by atoms with Gasteiger partial charge in [-0.15, -0.1) is 0 Å². The van der Waals surface area contributed by atoms with Crippen molar-refractivity contribution >= 4 is 28.5 Å². The minimum atomic E-state index is -4.26. The van der Waals surface area contributed by atoms with Crippen LogP contribution in [0.15, 0.2) is 71.1 Å². The third-order valence-corrected chi connectivity index (χ3v) is 8.51. The number of amides is 1. The monoisotopic (exact) mass is 583 g/mol. The van der Waals surface area contributed by atoms with E-state index in [2.05, 4.69) is 6.92 Å². The number of rotatable bonds is 8. The van der Waals surface area contributed by atoms with Gasteiger partial charge in [-0.1, -0.05) is 67.4 Å². The molecule has 1 heterocycles. The first-order valence-corrected chi connectivity index (χ1v) is 14.4. The molecule has 5 rings (SSSR count). The van der Waals surface area contributed by atoms with Crippen LogP contribution in [0.25, 0.3) is 22.1 Å². The number of carbonyl (C=O) groups is 1. The summed E-state index contributed by atoms with van der Waals surface area (Å²) in [5, 5.41) is 0.998. The second-order valence-electron chi connectivity index (χ2n) is 10.8. The van der Waals surface area contributed by atoms with E-state index in [9.17, 15) is 18.0 Å². The molecule has 0 spiro atoms. The average Bonchev–Trinajstić information content (AvgIpc) is 3.31. The standard InChI is InChI=1S/C33H33ClF3NO3/c1-3-21-10-15-26(16-11-21)38(32(39)31-30(34)27-6-4-5-7-29(27)41-31)20-25-18-24(14-17-28(25)40-2)23-12-8-22(9-13-23)19-33(35,36)37/h4-9,12-14,17-18,21,26H,3,10-11,15-16,19-20H2,1-2H3/t21-,26+. The minimum absolute atomic E-state index is 0.00425. The molecule has 1 aromatic heterocycles. The molecule has 3 aromatic carbocycles. The van der Waals surface area contributed by atoms with Gasteiger partial charge in [-0.3, -0.25) is 4.79 Å². The summed E-state index contributed by atoms with van der Waals surface area (Å²) in [5.74, 6) is 1.13. The number of nitrogens with zero attached hydrogens (tertiary/aromatic N) is 1. The molecule has 1 aliphatic rings. The zero-order valence-corrected chi connectivity index (χ0v) is 23.9. The third-order valence-electron chi connectivity index (χ3n) is 8.14. The van der Waals surface area contributed by atoms with Crippen LogP contribution in [0.3, 0.4) is 0 Å². The normalized spacial score (nSPS) is 17.5. The Kier molecular flexibility index (Phi) is 8.64. The topological polar surface area (TPSA) is 42.7 Å². The maximum atomic E-state index is 14.1. The number of furan rings is 1. The smallest absolute Gasteiger partial charge is 0.393 e. The van der Waals surface area contributed by atoms with Gasteiger partial charge in [0.1, 0.15) is 11.3 Å². The van der Waals surface area contributed by atoms with Crippen LogP contribution in [0, 0.1) is 5.92 Å². The summed E-state index contributed by atoms with van der Waals surface area (Å²) in [6, 6.07) is 19.3. The van der Waals surface area contributed by atoms with Gasteiger partial charge < -0.3 is 14.1 Å². The number of hydrogen-bond acceptors (Lipinski definition) is 3. The van der Waals surface area contributed by atoms with E-state index in [4.69, 9.17) is 20.8 Å². The predicted octanol–water partition coefficient (Wildman–Crippen LogP) is 9.48. The zero-order valence-electron chi connectivity index (χ0n) is 23.1. The Morgan fingerprint density at radius 2 is 1.68 bits per heavy atom. The number of benzene rings is 3. The molecule has 1 fully saturated rings. The van der Waals surface area contributed by atoms with E-state index in [1.54, 1.807) is 25.3 Å². The Morgan fingerprint density at radius 3 is 2.32 bits per heavy atom. The number of para-hydroxylation sites is 1. The molecule has 0 N–H and O–H groups in total. The molecule has 1 aliphatic carbocycles. The summed E-state index contributed by atoms with van der Waals surface area (Å²) in [6.07, 6.45) is -0.267. The Morgan fingerprint density at radius 1 is 1.00 bits per heavy atom. The average molecular weight is 584 g/mol. The van der Waals surface area contributed by atoms with Crippen LogP contribution in [0.1, 0.15) is 60.7 Å².